The molecular weight excluding hydrogens is 316 g/mol. The van der Waals surface area contributed by atoms with E-state index in [0.717, 1.165) is 0 Å². The molecule has 0 fully saturated rings. The van der Waals surface area contributed by atoms with Gasteiger partial charge in [-0.25, -0.2) is 0 Å². The molecule has 0 radical (unpaired) electrons. The molecule has 0 saturated carbocycles. The molecule has 0 aliphatic carbocycles. The second-order valence-electron chi connectivity index (χ2n) is 3.92. The molecule has 1 N–H and O–H groups in total. The van der Waals surface area contributed by atoms with Crippen LogP contribution in [0.25, 0.3) is 0 Å². The number of hydrogen-bond donors (Lipinski definition) is 1. The second-order valence-corrected chi connectivity index (χ2v) is 8.82. The Kier molecular flexibility index (Phi) is 7.21. The quantitative estimate of drug-likeness (QED) is 0.692. The van der Waals surface area contributed by atoms with Crippen molar-refractivity contribution in [2.75, 3.05) is 19.8 Å². The first-order valence-electron chi connectivity index (χ1n) is 6.67. The number of hydrogen-bond acceptors (Lipinski definition) is 7. The van der Waals surface area contributed by atoms with E-state index in [0.29, 0.717) is 0 Å². The minimum atomic E-state index is -4.00. The standard InChI is InChI=1S/C12H21NO6P2/c1-4-17-20(15,11-9-7-8-10-13-11)12(14)21(16,18-5-2)19-6-3/h7-10,12,14H,4-6H2,1-3H3/t12-,20?/m1/s1. The Morgan fingerprint density at radius 2 is 1.67 bits per heavy atom. The Morgan fingerprint density at radius 3 is 2.10 bits per heavy atom. The summed E-state index contributed by atoms with van der Waals surface area (Å²) < 4.78 is 41.0. The van der Waals surface area contributed by atoms with E-state index in [1.54, 1.807) is 32.9 Å². The van der Waals surface area contributed by atoms with Crippen LogP contribution in [0, 0.1) is 0 Å². The topological polar surface area (TPSA) is 95.0 Å². The first-order chi connectivity index (χ1) is 9.94. The van der Waals surface area contributed by atoms with Gasteiger partial charge in [-0.15, -0.1) is 0 Å². The summed E-state index contributed by atoms with van der Waals surface area (Å²) in [7, 11) is -7.91. The third-order valence-electron chi connectivity index (χ3n) is 2.49. The SMILES string of the molecule is CCOP(=O)(OCC)[C@H](O)P(=O)(OCC)c1ccccn1. The van der Waals surface area contributed by atoms with Gasteiger partial charge in [0, 0.05) is 6.20 Å². The highest BCUT2D eigenvalue weighted by Gasteiger charge is 2.50. The molecule has 0 saturated heterocycles. The maximum absolute atomic E-state index is 13.0. The molecule has 9 heteroatoms. The van der Waals surface area contributed by atoms with Crippen molar-refractivity contribution in [1.29, 1.82) is 0 Å². The van der Waals surface area contributed by atoms with Crippen LogP contribution >= 0.6 is 15.0 Å². The van der Waals surface area contributed by atoms with E-state index in [9.17, 15) is 14.2 Å². The normalized spacial score (nSPS) is 16.4. The molecule has 1 aromatic rings. The van der Waals surface area contributed by atoms with Gasteiger partial charge in [-0.2, -0.15) is 0 Å². The first kappa shape index (κ1) is 18.5. The third kappa shape index (κ3) is 4.22. The fourth-order valence-electron chi connectivity index (χ4n) is 1.70. The van der Waals surface area contributed by atoms with Gasteiger partial charge in [-0.05, 0) is 32.9 Å². The van der Waals surface area contributed by atoms with Crippen molar-refractivity contribution in [1.82, 2.24) is 4.98 Å². The number of nitrogens with zero attached hydrogens (tertiary/aromatic N) is 1. The first-order valence-corrected chi connectivity index (χ1v) is 9.97. The highest BCUT2D eigenvalue weighted by molar-refractivity contribution is 7.79. The molecule has 120 valence electrons. The maximum Gasteiger partial charge on any atom is 0.369 e. The van der Waals surface area contributed by atoms with Crippen LogP contribution in [-0.4, -0.2) is 35.5 Å². The van der Waals surface area contributed by atoms with E-state index in [1.807, 2.05) is 0 Å². The van der Waals surface area contributed by atoms with E-state index in [4.69, 9.17) is 13.6 Å². The molecule has 21 heavy (non-hydrogen) atoms. The van der Waals surface area contributed by atoms with Gasteiger partial charge in [0.1, 0.15) is 5.44 Å². The largest absolute Gasteiger partial charge is 0.372 e. The lowest BCUT2D eigenvalue weighted by molar-refractivity contribution is 0.170. The van der Waals surface area contributed by atoms with Gasteiger partial charge in [-0.1, -0.05) is 6.07 Å². The van der Waals surface area contributed by atoms with Crippen LogP contribution in [0.3, 0.4) is 0 Å². The molecular formula is C12H21NO6P2. The monoisotopic (exact) mass is 337 g/mol. The molecule has 0 amide bonds. The lowest BCUT2D eigenvalue weighted by Gasteiger charge is -2.28. The number of rotatable bonds is 9. The summed E-state index contributed by atoms with van der Waals surface area (Å²) in [5.41, 5.74) is -1.89. The molecule has 1 unspecified atom stereocenters. The van der Waals surface area contributed by atoms with Gasteiger partial charge in [-0.3, -0.25) is 14.1 Å². The van der Waals surface area contributed by atoms with Gasteiger partial charge < -0.3 is 18.7 Å². The summed E-state index contributed by atoms with van der Waals surface area (Å²) in [5, 5.41) is 10.4. The summed E-state index contributed by atoms with van der Waals surface area (Å²) >= 11 is 0. The molecule has 7 nitrogen and oxygen atoms in total. The average molecular weight is 337 g/mol. The molecule has 0 aliphatic heterocycles. The van der Waals surface area contributed by atoms with Gasteiger partial charge in [0.05, 0.1) is 19.8 Å². The van der Waals surface area contributed by atoms with Crippen molar-refractivity contribution in [2.45, 2.75) is 26.4 Å². The van der Waals surface area contributed by atoms with Gasteiger partial charge in [0.2, 0.25) is 5.59 Å². The number of aliphatic hydroxyl groups is 1. The second kappa shape index (κ2) is 8.18. The van der Waals surface area contributed by atoms with Crippen molar-refractivity contribution < 1.29 is 27.8 Å². The predicted octanol–water partition coefficient (Wildman–Crippen LogP) is 2.56. The van der Waals surface area contributed by atoms with Crippen LogP contribution in [0.2, 0.25) is 0 Å². The van der Waals surface area contributed by atoms with E-state index in [2.05, 4.69) is 4.98 Å². The number of pyridine rings is 1. The van der Waals surface area contributed by atoms with Crippen LogP contribution in [0.5, 0.6) is 0 Å². The van der Waals surface area contributed by atoms with Crippen LogP contribution in [0.1, 0.15) is 20.8 Å². The summed E-state index contributed by atoms with van der Waals surface area (Å²) in [4.78, 5) is 3.94. The number of aliphatic hydroxyl groups excluding tert-OH is 1. The van der Waals surface area contributed by atoms with E-state index in [-0.39, 0.29) is 25.3 Å². The van der Waals surface area contributed by atoms with Crippen LogP contribution in [0.4, 0.5) is 0 Å². The van der Waals surface area contributed by atoms with Crippen molar-refractivity contribution in [3.05, 3.63) is 24.4 Å². The molecule has 2 atom stereocenters. The van der Waals surface area contributed by atoms with Gasteiger partial charge in [0.25, 0.3) is 7.37 Å². The average Bonchev–Trinajstić information content (AvgIpc) is 2.48. The molecule has 1 aromatic heterocycles. The van der Waals surface area contributed by atoms with Crippen molar-refractivity contribution in [3.63, 3.8) is 0 Å². The van der Waals surface area contributed by atoms with E-state index < -0.39 is 20.6 Å². The maximum atomic E-state index is 13.0. The van der Waals surface area contributed by atoms with E-state index >= 15 is 0 Å². The smallest absolute Gasteiger partial charge is 0.369 e. The van der Waals surface area contributed by atoms with E-state index in [1.165, 1.54) is 12.3 Å². The Labute approximate surface area is 124 Å². The van der Waals surface area contributed by atoms with Crippen molar-refractivity contribution in [3.8, 4) is 0 Å². The zero-order valence-corrected chi connectivity index (χ0v) is 14.1. The van der Waals surface area contributed by atoms with Crippen molar-refractivity contribution in [2.24, 2.45) is 0 Å². The molecule has 1 rings (SSSR count). The highest BCUT2D eigenvalue weighted by Crippen LogP contribution is 2.67. The third-order valence-corrected chi connectivity index (χ3v) is 8.21. The predicted molar refractivity (Wildman–Crippen MR) is 80.0 cm³/mol. The highest BCUT2D eigenvalue weighted by atomic mass is 31.2. The zero-order chi connectivity index (χ0) is 15.9. The summed E-state index contributed by atoms with van der Waals surface area (Å²) in [6.45, 7) is 4.97. The molecule has 0 bridgehead atoms. The Bertz CT molecular complexity index is 514. The minimum absolute atomic E-state index is 0.0268. The zero-order valence-electron chi connectivity index (χ0n) is 12.3. The van der Waals surface area contributed by atoms with Gasteiger partial charge in [0.15, 0.2) is 0 Å². The molecule has 1 heterocycles. The molecule has 0 aromatic carbocycles. The Morgan fingerprint density at radius 1 is 1.10 bits per heavy atom. The lowest BCUT2D eigenvalue weighted by atomic mass is 10.5. The van der Waals surface area contributed by atoms with Crippen molar-refractivity contribution >= 4 is 20.4 Å². The summed E-state index contributed by atoms with van der Waals surface area (Å²) in [6, 6.07) is 4.69. The summed E-state index contributed by atoms with van der Waals surface area (Å²) in [6.07, 6.45) is 1.42. The lowest BCUT2D eigenvalue weighted by Crippen LogP contribution is -2.23. The number of aromatic nitrogens is 1. The van der Waals surface area contributed by atoms with Gasteiger partial charge >= 0.3 is 7.60 Å². The fraction of sp³-hybridized carbons (Fsp3) is 0.583. The Balaban J connectivity index is 3.26. The Hall–Kier alpha value is -0.550. The van der Waals surface area contributed by atoms with Crippen LogP contribution < -0.4 is 5.44 Å². The molecule has 0 spiro atoms. The van der Waals surface area contributed by atoms with Crippen LogP contribution in [0.15, 0.2) is 24.4 Å². The summed E-state index contributed by atoms with van der Waals surface area (Å²) in [5.74, 6) is 0. The van der Waals surface area contributed by atoms with Crippen LogP contribution in [-0.2, 0) is 22.7 Å². The minimum Gasteiger partial charge on any atom is -0.372 e. The molecule has 0 aliphatic rings. The fourth-order valence-corrected chi connectivity index (χ4v) is 6.61.